The zero-order valence-corrected chi connectivity index (χ0v) is 13.2. The summed E-state index contributed by atoms with van der Waals surface area (Å²) in [6.07, 6.45) is 1.99. The number of nitrogens with two attached hydrogens (primary N) is 1. The SMILES string of the molecule is Cc1nn(C)cc1C(C)Nc1ccc(CS(N)(=O)=O)cc1. The second kappa shape index (κ2) is 5.87. The number of hydrogen-bond acceptors (Lipinski definition) is 4. The summed E-state index contributed by atoms with van der Waals surface area (Å²) in [5.41, 5.74) is 3.71. The molecule has 0 bridgehead atoms. The van der Waals surface area contributed by atoms with Crippen LogP contribution in [-0.2, 0) is 22.8 Å². The van der Waals surface area contributed by atoms with Crippen LogP contribution in [0.15, 0.2) is 30.5 Å². The number of aromatic nitrogens is 2. The van der Waals surface area contributed by atoms with Crippen LogP contribution in [0.2, 0.25) is 0 Å². The van der Waals surface area contributed by atoms with Gasteiger partial charge in [-0.05, 0) is 31.5 Å². The molecule has 114 valence electrons. The van der Waals surface area contributed by atoms with E-state index in [2.05, 4.69) is 17.3 Å². The molecule has 0 saturated carbocycles. The summed E-state index contributed by atoms with van der Waals surface area (Å²) in [5.74, 6) is -0.148. The monoisotopic (exact) mass is 308 g/mol. The summed E-state index contributed by atoms with van der Waals surface area (Å²) in [6.45, 7) is 4.03. The fourth-order valence-corrected chi connectivity index (χ4v) is 2.96. The second-order valence-electron chi connectivity index (χ2n) is 5.21. The Labute approximate surface area is 125 Å². The van der Waals surface area contributed by atoms with Gasteiger partial charge in [-0.3, -0.25) is 4.68 Å². The van der Waals surface area contributed by atoms with Gasteiger partial charge < -0.3 is 5.32 Å². The Bertz CT molecular complexity index is 720. The molecule has 1 aromatic heterocycles. The van der Waals surface area contributed by atoms with Crippen molar-refractivity contribution in [2.24, 2.45) is 12.2 Å². The van der Waals surface area contributed by atoms with Gasteiger partial charge in [0.05, 0.1) is 17.5 Å². The van der Waals surface area contributed by atoms with E-state index in [1.807, 2.05) is 32.3 Å². The number of sulfonamides is 1. The predicted octanol–water partition coefficient (Wildman–Crippen LogP) is 1.69. The van der Waals surface area contributed by atoms with E-state index in [-0.39, 0.29) is 11.8 Å². The maximum atomic E-state index is 11.0. The van der Waals surface area contributed by atoms with Gasteiger partial charge in [-0.15, -0.1) is 0 Å². The van der Waals surface area contributed by atoms with Crippen LogP contribution in [0.5, 0.6) is 0 Å². The number of nitrogens with one attached hydrogen (secondary N) is 1. The average molecular weight is 308 g/mol. The topological polar surface area (TPSA) is 90.0 Å². The van der Waals surface area contributed by atoms with E-state index in [9.17, 15) is 8.42 Å². The zero-order chi connectivity index (χ0) is 15.6. The Kier molecular flexibility index (Phi) is 4.34. The maximum Gasteiger partial charge on any atom is 0.213 e. The van der Waals surface area contributed by atoms with Gasteiger partial charge in [0, 0.05) is 24.5 Å². The minimum Gasteiger partial charge on any atom is -0.378 e. The Morgan fingerprint density at radius 1 is 1.33 bits per heavy atom. The Hall–Kier alpha value is -1.86. The lowest BCUT2D eigenvalue weighted by Crippen LogP contribution is -2.14. The van der Waals surface area contributed by atoms with Crippen molar-refractivity contribution in [2.75, 3.05) is 5.32 Å². The summed E-state index contributed by atoms with van der Waals surface area (Å²) in [5, 5.41) is 12.7. The van der Waals surface area contributed by atoms with Crippen LogP contribution in [0.3, 0.4) is 0 Å². The highest BCUT2D eigenvalue weighted by Gasteiger charge is 2.12. The lowest BCUT2D eigenvalue weighted by Gasteiger charge is -2.15. The molecular formula is C14H20N4O2S. The number of nitrogens with zero attached hydrogens (tertiary/aromatic N) is 2. The standard InChI is InChI=1S/C14H20N4O2S/c1-10(14-8-18(3)17-11(14)2)16-13-6-4-12(5-7-13)9-21(15,19)20/h4-8,10,16H,9H2,1-3H3,(H2,15,19,20). The van der Waals surface area contributed by atoms with Gasteiger partial charge >= 0.3 is 0 Å². The molecule has 1 aromatic carbocycles. The lowest BCUT2D eigenvalue weighted by molar-refractivity contribution is 0.597. The normalized spacial score (nSPS) is 13.1. The van der Waals surface area contributed by atoms with E-state index in [0.717, 1.165) is 16.9 Å². The summed E-state index contributed by atoms with van der Waals surface area (Å²) >= 11 is 0. The van der Waals surface area contributed by atoms with Crippen LogP contribution < -0.4 is 10.5 Å². The van der Waals surface area contributed by atoms with Crippen molar-refractivity contribution in [3.8, 4) is 0 Å². The van der Waals surface area contributed by atoms with Crippen LogP contribution in [0.4, 0.5) is 5.69 Å². The van der Waals surface area contributed by atoms with Crippen molar-refractivity contribution in [1.82, 2.24) is 9.78 Å². The first-order valence-corrected chi connectivity index (χ1v) is 8.32. The molecule has 0 spiro atoms. The van der Waals surface area contributed by atoms with E-state index < -0.39 is 10.0 Å². The van der Waals surface area contributed by atoms with Crippen LogP contribution >= 0.6 is 0 Å². The third kappa shape index (κ3) is 4.30. The van der Waals surface area contributed by atoms with Gasteiger partial charge in [0.25, 0.3) is 0 Å². The van der Waals surface area contributed by atoms with E-state index in [4.69, 9.17) is 5.14 Å². The average Bonchev–Trinajstić information content (AvgIpc) is 2.69. The molecule has 0 fully saturated rings. The van der Waals surface area contributed by atoms with Crippen molar-refractivity contribution in [3.05, 3.63) is 47.3 Å². The van der Waals surface area contributed by atoms with Gasteiger partial charge in [0.15, 0.2) is 0 Å². The van der Waals surface area contributed by atoms with E-state index >= 15 is 0 Å². The fourth-order valence-electron chi connectivity index (χ4n) is 2.30. The van der Waals surface area contributed by atoms with Crippen molar-refractivity contribution < 1.29 is 8.42 Å². The summed E-state index contributed by atoms with van der Waals surface area (Å²) in [4.78, 5) is 0. The molecule has 6 nitrogen and oxygen atoms in total. The van der Waals surface area contributed by atoms with Crippen molar-refractivity contribution in [1.29, 1.82) is 0 Å². The Morgan fingerprint density at radius 3 is 2.43 bits per heavy atom. The fraction of sp³-hybridized carbons (Fsp3) is 0.357. The summed E-state index contributed by atoms with van der Waals surface area (Å²) in [7, 11) is -1.60. The van der Waals surface area contributed by atoms with Crippen molar-refractivity contribution >= 4 is 15.7 Å². The zero-order valence-electron chi connectivity index (χ0n) is 12.4. The molecule has 0 aliphatic heterocycles. The number of primary sulfonamides is 1. The molecule has 3 N–H and O–H groups in total. The first kappa shape index (κ1) is 15.5. The Morgan fingerprint density at radius 2 is 1.95 bits per heavy atom. The van der Waals surface area contributed by atoms with E-state index in [1.165, 1.54) is 0 Å². The minimum absolute atomic E-state index is 0.114. The number of aryl methyl sites for hydroxylation is 2. The Balaban J connectivity index is 2.08. The van der Waals surface area contributed by atoms with Gasteiger partial charge in [-0.1, -0.05) is 12.1 Å². The van der Waals surface area contributed by atoms with Crippen LogP contribution in [0.1, 0.15) is 29.8 Å². The molecule has 1 heterocycles. The summed E-state index contributed by atoms with van der Waals surface area (Å²) < 4.78 is 23.9. The lowest BCUT2D eigenvalue weighted by atomic mass is 10.1. The smallest absolute Gasteiger partial charge is 0.213 e. The van der Waals surface area contributed by atoms with Crippen LogP contribution in [0, 0.1) is 6.92 Å². The third-order valence-corrected chi connectivity index (χ3v) is 3.96. The van der Waals surface area contributed by atoms with Gasteiger partial charge in [-0.25, -0.2) is 13.6 Å². The summed E-state index contributed by atoms with van der Waals surface area (Å²) in [6, 6.07) is 7.33. The van der Waals surface area contributed by atoms with Crippen LogP contribution in [-0.4, -0.2) is 18.2 Å². The van der Waals surface area contributed by atoms with Gasteiger partial charge in [0.2, 0.25) is 10.0 Å². The molecule has 1 atom stereocenters. The predicted molar refractivity (Wildman–Crippen MR) is 83.2 cm³/mol. The van der Waals surface area contributed by atoms with Gasteiger partial charge in [-0.2, -0.15) is 5.10 Å². The minimum atomic E-state index is -3.49. The molecule has 7 heteroatoms. The van der Waals surface area contributed by atoms with E-state index in [1.54, 1.807) is 16.8 Å². The first-order chi connectivity index (χ1) is 9.74. The third-order valence-electron chi connectivity index (χ3n) is 3.22. The van der Waals surface area contributed by atoms with E-state index in [0.29, 0.717) is 5.56 Å². The number of rotatable bonds is 5. The largest absolute Gasteiger partial charge is 0.378 e. The number of hydrogen-bond donors (Lipinski definition) is 2. The molecule has 0 aliphatic carbocycles. The van der Waals surface area contributed by atoms with Gasteiger partial charge in [0.1, 0.15) is 0 Å². The molecule has 0 amide bonds. The molecule has 0 saturated heterocycles. The molecule has 2 aromatic rings. The van der Waals surface area contributed by atoms with Crippen LogP contribution in [0.25, 0.3) is 0 Å². The number of anilines is 1. The molecule has 2 rings (SSSR count). The molecular weight excluding hydrogens is 288 g/mol. The molecule has 0 radical (unpaired) electrons. The van der Waals surface area contributed by atoms with Crippen molar-refractivity contribution in [2.45, 2.75) is 25.6 Å². The second-order valence-corrected chi connectivity index (χ2v) is 6.83. The highest BCUT2D eigenvalue weighted by Crippen LogP contribution is 2.21. The quantitative estimate of drug-likeness (QED) is 0.879. The highest BCUT2D eigenvalue weighted by molar-refractivity contribution is 7.88. The van der Waals surface area contributed by atoms with Crippen molar-refractivity contribution in [3.63, 3.8) is 0 Å². The molecule has 0 aliphatic rings. The number of benzene rings is 1. The molecule has 21 heavy (non-hydrogen) atoms. The first-order valence-electron chi connectivity index (χ1n) is 6.61. The maximum absolute atomic E-state index is 11.0. The highest BCUT2D eigenvalue weighted by atomic mass is 32.2. The molecule has 1 unspecified atom stereocenters.